The first-order valence-electron chi connectivity index (χ1n) is 5.54. The average molecular weight is 306 g/mol. The van der Waals surface area contributed by atoms with E-state index in [4.69, 9.17) is 21.4 Å². The minimum Gasteiger partial charge on any atom is -0.482 e. The summed E-state index contributed by atoms with van der Waals surface area (Å²) < 4.78 is 22.5. The summed E-state index contributed by atoms with van der Waals surface area (Å²) in [6.07, 6.45) is -1.13. The summed E-state index contributed by atoms with van der Waals surface area (Å²) in [6.45, 7) is -0.563. The highest BCUT2D eigenvalue weighted by Crippen LogP contribution is 2.24. The van der Waals surface area contributed by atoms with E-state index in [0.717, 1.165) is 12.1 Å². The molecule has 0 spiro atoms. The van der Waals surface area contributed by atoms with E-state index >= 15 is 0 Å². The normalized spacial score (nSPS) is 11.8. The zero-order chi connectivity index (χ0) is 15.1. The standard InChI is InChI=1S/C12H13ClFNO5/c1-19-10(12(17)18)5-15-11(16)6-20-9-3-2-7(14)4-8(9)13/h2-4,10H,5-6H2,1H3,(H,15,16)(H,17,18). The number of carboxylic acid groups (broad SMARTS) is 1. The largest absolute Gasteiger partial charge is 0.482 e. The lowest BCUT2D eigenvalue weighted by Gasteiger charge is -2.12. The van der Waals surface area contributed by atoms with E-state index in [1.807, 2.05) is 0 Å². The molecule has 0 radical (unpaired) electrons. The van der Waals surface area contributed by atoms with E-state index in [-0.39, 0.29) is 23.9 Å². The number of nitrogens with one attached hydrogen (secondary N) is 1. The van der Waals surface area contributed by atoms with Gasteiger partial charge in [0.1, 0.15) is 11.6 Å². The molecule has 0 heterocycles. The third kappa shape index (κ3) is 5.02. The summed E-state index contributed by atoms with van der Waals surface area (Å²) in [6, 6.07) is 3.49. The van der Waals surface area contributed by atoms with Crippen molar-refractivity contribution >= 4 is 23.5 Å². The van der Waals surface area contributed by atoms with Crippen molar-refractivity contribution in [3.8, 4) is 5.75 Å². The lowest BCUT2D eigenvalue weighted by atomic mass is 10.3. The summed E-state index contributed by atoms with van der Waals surface area (Å²) in [4.78, 5) is 22.1. The predicted octanol–water partition coefficient (Wildman–Crippen LogP) is 1.07. The van der Waals surface area contributed by atoms with Crippen molar-refractivity contribution < 1.29 is 28.6 Å². The lowest BCUT2D eigenvalue weighted by molar-refractivity contribution is -0.148. The quantitative estimate of drug-likeness (QED) is 0.787. The van der Waals surface area contributed by atoms with Crippen LogP contribution in [0.4, 0.5) is 4.39 Å². The first-order chi connectivity index (χ1) is 9.43. The molecule has 0 aliphatic carbocycles. The second-order valence-corrected chi connectivity index (χ2v) is 4.14. The molecule has 1 amide bonds. The molecular formula is C12H13ClFNO5. The van der Waals surface area contributed by atoms with E-state index in [9.17, 15) is 14.0 Å². The molecule has 0 aliphatic heterocycles. The maximum atomic E-state index is 12.8. The molecule has 1 aromatic rings. The molecule has 6 nitrogen and oxygen atoms in total. The van der Waals surface area contributed by atoms with Crippen LogP contribution in [0.2, 0.25) is 5.02 Å². The van der Waals surface area contributed by atoms with E-state index < -0.39 is 23.8 Å². The summed E-state index contributed by atoms with van der Waals surface area (Å²) >= 11 is 5.71. The smallest absolute Gasteiger partial charge is 0.334 e. The minimum atomic E-state index is -1.18. The van der Waals surface area contributed by atoms with Crippen LogP contribution in [0.25, 0.3) is 0 Å². The fourth-order valence-electron chi connectivity index (χ4n) is 1.26. The summed E-state index contributed by atoms with van der Waals surface area (Å²) in [7, 11) is 1.22. The van der Waals surface area contributed by atoms with Crippen LogP contribution in [-0.4, -0.2) is 43.3 Å². The summed E-state index contributed by atoms with van der Waals surface area (Å²) in [5.74, 6) is -2.09. The Labute approximate surface area is 119 Å². The molecule has 1 atom stereocenters. The van der Waals surface area contributed by atoms with Crippen LogP contribution in [0.1, 0.15) is 0 Å². The third-order valence-corrected chi connectivity index (χ3v) is 2.59. The van der Waals surface area contributed by atoms with Crippen molar-refractivity contribution in [3.05, 3.63) is 29.0 Å². The second kappa shape index (κ2) is 7.66. The van der Waals surface area contributed by atoms with Crippen molar-refractivity contribution in [1.29, 1.82) is 0 Å². The molecule has 110 valence electrons. The molecule has 0 bridgehead atoms. The first-order valence-corrected chi connectivity index (χ1v) is 5.92. The van der Waals surface area contributed by atoms with Gasteiger partial charge in [0.2, 0.25) is 0 Å². The zero-order valence-electron chi connectivity index (χ0n) is 10.6. The maximum absolute atomic E-state index is 12.8. The molecule has 0 fully saturated rings. The number of hydrogen-bond donors (Lipinski definition) is 2. The summed E-state index contributed by atoms with van der Waals surface area (Å²) in [5.41, 5.74) is 0. The van der Waals surface area contributed by atoms with Crippen molar-refractivity contribution in [2.24, 2.45) is 0 Å². The molecule has 8 heteroatoms. The van der Waals surface area contributed by atoms with E-state index in [0.29, 0.717) is 0 Å². The van der Waals surface area contributed by atoms with Gasteiger partial charge in [0, 0.05) is 7.11 Å². The Morgan fingerprint density at radius 2 is 2.20 bits per heavy atom. The van der Waals surface area contributed by atoms with Crippen LogP contribution in [0, 0.1) is 5.82 Å². The number of ether oxygens (including phenoxy) is 2. The van der Waals surface area contributed by atoms with Crippen molar-refractivity contribution in [2.75, 3.05) is 20.3 Å². The van der Waals surface area contributed by atoms with Gasteiger partial charge in [0.15, 0.2) is 12.7 Å². The van der Waals surface area contributed by atoms with Gasteiger partial charge in [-0.1, -0.05) is 11.6 Å². The number of amides is 1. The zero-order valence-corrected chi connectivity index (χ0v) is 11.3. The van der Waals surface area contributed by atoms with Gasteiger partial charge in [0.05, 0.1) is 11.6 Å². The molecule has 2 N–H and O–H groups in total. The highest BCUT2D eigenvalue weighted by molar-refractivity contribution is 6.32. The van der Waals surface area contributed by atoms with Gasteiger partial charge in [-0.05, 0) is 18.2 Å². The summed E-state index contributed by atoms with van der Waals surface area (Å²) in [5, 5.41) is 11.1. The van der Waals surface area contributed by atoms with Crippen LogP contribution in [0.5, 0.6) is 5.75 Å². The predicted molar refractivity (Wildman–Crippen MR) is 68.3 cm³/mol. The SMILES string of the molecule is COC(CNC(=O)COc1ccc(F)cc1Cl)C(=O)O. The van der Waals surface area contributed by atoms with E-state index in [1.54, 1.807) is 0 Å². The van der Waals surface area contributed by atoms with E-state index in [1.165, 1.54) is 13.2 Å². The van der Waals surface area contributed by atoms with E-state index in [2.05, 4.69) is 10.1 Å². The van der Waals surface area contributed by atoms with Crippen LogP contribution < -0.4 is 10.1 Å². The Hall–Kier alpha value is -1.86. The number of halogens is 2. The van der Waals surface area contributed by atoms with Gasteiger partial charge in [-0.15, -0.1) is 0 Å². The minimum absolute atomic E-state index is 0.0399. The third-order valence-electron chi connectivity index (χ3n) is 2.30. The van der Waals surface area contributed by atoms with Gasteiger partial charge in [-0.2, -0.15) is 0 Å². The second-order valence-electron chi connectivity index (χ2n) is 3.73. The van der Waals surface area contributed by atoms with Crippen LogP contribution in [0.15, 0.2) is 18.2 Å². The number of carbonyl (C=O) groups is 2. The van der Waals surface area contributed by atoms with Crippen molar-refractivity contribution in [3.63, 3.8) is 0 Å². The first kappa shape index (κ1) is 16.2. The molecule has 1 aromatic carbocycles. The number of hydrogen-bond acceptors (Lipinski definition) is 4. The average Bonchev–Trinajstić information content (AvgIpc) is 2.38. The topological polar surface area (TPSA) is 84.9 Å². The van der Waals surface area contributed by atoms with Gasteiger partial charge in [0.25, 0.3) is 5.91 Å². The Bertz CT molecular complexity index is 497. The Morgan fingerprint density at radius 1 is 1.50 bits per heavy atom. The lowest BCUT2D eigenvalue weighted by Crippen LogP contribution is -2.39. The van der Waals surface area contributed by atoms with Gasteiger partial charge in [-0.3, -0.25) is 4.79 Å². The number of methoxy groups -OCH3 is 1. The Morgan fingerprint density at radius 3 is 2.75 bits per heavy atom. The highest BCUT2D eigenvalue weighted by atomic mass is 35.5. The number of rotatable bonds is 7. The van der Waals surface area contributed by atoms with Crippen LogP contribution in [-0.2, 0) is 14.3 Å². The molecule has 0 saturated heterocycles. The highest BCUT2D eigenvalue weighted by Gasteiger charge is 2.17. The molecular weight excluding hydrogens is 293 g/mol. The molecule has 0 aromatic heterocycles. The van der Waals surface area contributed by atoms with Gasteiger partial charge >= 0.3 is 5.97 Å². The van der Waals surface area contributed by atoms with Crippen molar-refractivity contribution in [2.45, 2.75) is 6.10 Å². The molecule has 1 unspecified atom stereocenters. The number of benzene rings is 1. The van der Waals surface area contributed by atoms with Gasteiger partial charge < -0.3 is 19.9 Å². The van der Waals surface area contributed by atoms with Gasteiger partial charge in [-0.25, -0.2) is 9.18 Å². The Kier molecular flexibility index (Phi) is 6.20. The number of carboxylic acids is 1. The monoisotopic (exact) mass is 305 g/mol. The fourth-order valence-corrected chi connectivity index (χ4v) is 1.49. The molecule has 0 aliphatic rings. The van der Waals surface area contributed by atoms with Crippen LogP contribution in [0.3, 0.4) is 0 Å². The Balaban J connectivity index is 2.41. The number of aliphatic carboxylic acids is 1. The molecule has 20 heavy (non-hydrogen) atoms. The maximum Gasteiger partial charge on any atom is 0.334 e. The van der Waals surface area contributed by atoms with Crippen molar-refractivity contribution in [1.82, 2.24) is 5.32 Å². The molecule has 0 saturated carbocycles. The number of carbonyl (C=O) groups excluding carboxylic acids is 1. The molecule has 1 rings (SSSR count). The fraction of sp³-hybridized carbons (Fsp3) is 0.333. The van der Waals surface area contributed by atoms with Crippen LogP contribution >= 0.6 is 11.6 Å².